The van der Waals surface area contributed by atoms with Gasteiger partial charge in [-0.15, -0.1) is 11.8 Å². The second kappa shape index (κ2) is 11.5. The average molecular weight is 534 g/mol. The van der Waals surface area contributed by atoms with Gasteiger partial charge in [0.2, 0.25) is 5.75 Å². The highest BCUT2D eigenvalue weighted by molar-refractivity contribution is 7.99. The summed E-state index contributed by atoms with van der Waals surface area (Å²) in [6.45, 7) is 3.46. The molecule has 9 heteroatoms. The fourth-order valence-electron chi connectivity index (χ4n) is 4.46. The van der Waals surface area contributed by atoms with Gasteiger partial charge in [-0.3, -0.25) is 0 Å². The van der Waals surface area contributed by atoms with Gasteiger partial charge < -0.3 is 23.8 Å². The second-order valence-electron chi connectivity index (χ2n) is 8.54. The van der Waals surface area contributed by atoms with Crippen molar-refractivity contribution in [3.05, 3.63) is 71.3 Å². The van der Waals surface area contributed by atoms with E-state index in [1.165, 1.54) is 12.1 Å². The number of anilines is 1. The van der Waals surface area contributed by atoms with E-state index in [0.29, 0.717) is 42.5 Å². The van der Waals surface area contributed by atoms with Crippen LogP contribution in [0.5, 0.6) is 23.0 Å². The van der Waals surface area contributed by atoms with E-state index in [4.69, 9.17) is 18.9 Å². The summed E-state index contributed by atoms with van der Waals surface area (Å²) < 4.78 is 62.3. The van der Waals surface area contributed by atoms with Gasteiger partial charge in [0.25, 0.3) is 0 Å². The average Bonchev–Trinajstić information content (AvgIpc) is 3.06. The minimum Gasteiger partial charge on any atom is -0.494 e. The highest BCUT2D eigenvalue weighted by Crippen LogP contribution is 2.49. The molecule has 0 N–H and O–H groups in total. The molecular weight excluding hydrogens is 503 g/mol. The van der Waals surface area contributed by atoms with E-state index in [-0.39, 0.29) is 5.25 Å². The molecule has 0 radical (unpaired) electrons. The Labute approximate surface area is 219 Å². The number of methoxy groups -OCH3 is 3. The van der Waals surface area contributed by atoms with Crippen LogP contribution >= 0.6 is 11.8 Å². The predicted molar refractivity (Wildman–Crippen MR) is 139 cm³/mol. The van der Waals surface area contributed by atoms with E-state index in [2.05, 4.69) is 4.90 Å². The van der Waals surface area contributed by atoms with Crippen molar-refractivity contribution in [3.8, 4) is 23.0 Å². The van der Waals surface area contributed by atoms with E-state index in [1.807, 2.05) is 37.3 Å². The Balaban J connectivity index is 1.71. The number of benzene rings is 3. The zero-order chi connectivity index (χ0) is 26.6. The Kier molecular flexibility index (Phi) is 8.32. The number of rotatable bonds is 8. The molecule has 0 spiro atoms. The number of alkyl halides is 3. The van der Waals surface area contributed by atoms with Crippen LogP contribution in [0.4, 0.5) is 18.9 Å². The third-order valence-corrected chi connectivity index (χ3v) is 7.57. The first-order valence-corrected chi connectivity index (χ1v) is 12.8. The number of thioether (sulfide) groups is 1. The maximum absolute atomic E-state index is 13.3. The molecule has 0 saturated carbocycles. The number of hydrogen-bond acceptors (Lipinski definition) is 6. The first-order chi connectivity index (χ1) is 17.8. The first-order valence-electron chi connectivity index (χ1n) is 11.9. The zero-order valence-electron chi connectivity index (χ0n) is 21.2. The Morgan fingerprint density at radius 3 is 2.30 bits per heavy atom. The van der Waals surface area contributed by atoms with Crippen molar-refractivity contribution in [1.82, 2.24) is 0 Å². The molecule has 1 aliphatic heterocycles. The van der Waals surface area contributed by atoms with Gasteiger partial charge >= 0.3 is 6.18 Å². The van der Waals surface area contributed by atoms with Crippen LogP contribution in [0.1, 0.15) is 35.3 Å². The van der Waals surface area contributed by atoms with Crippen LogP contribution in [-0.4, -0.2) is 34.5 Å². The molecule has 4 rings (SSSR count). The van der Waals surface area contributed by atoms with Gasteiger partial charge in [-0.2, -0.15) is 13.2 Å². The summed E-state index contributed by atoms with van der Waals surface area (Å²) in [6, 6.07) is 15.3. The maximum atomic E-state index is 13.3. The number of ether oxygens (including phenoxy) is 4. The number of nitrogens with zero attached hydrogens (tertiary/aromatic N) is 1. The van der Waals surface area contributed by atoms with Crippen LogP contribution in [0, 0.1) is 0 Å². The summed E-state index contributed by atoms with van der Waals surface area (Å²) >= 11 is 1.69. The topological polar surface area (TPSA) is 40.2 Å². The van der Waals surface area contributed by atoms with E-state index < -0.39 is 11.7 Å². The summed E-state index contributed by atoms with van der Waals surface area (Å²) in [5.74, 6) is 2.42. The molecule has 37 heavy (non-hydrogen) atoms. The van der Waals surface area contributed by atoms with Crippen LogP contribution in [0.25, 0.3) is 0 Å². The van der Waals surface area contributed by atoms with E-state index in [9.17, 15) is 13.2 Å². The molecule has 0 bridgehead atoms. The van der Waals surface area contributed by atoms with E-state index >= 15 is 0 Å². The van der Waals surface area contributed by atoms with Crippen molar-refractivity contribution >= 4 is 17.4 Å². The molecule has 0 aliphatic carbocycles. The summed E-state index contributed by atoms with van der Waals surface area (Å²) in [5.41, 5.74) is 1.93. The van der Waals surface area contributed by atoms with Gasteiger partial charge in [0, 0.05) is 23.2 Å². The van der Waals surface area contributed by atoms with Gasteiger partial charge in [0.05, 0.1) is 39.2 Å². The monoisotopic (exact) mass is 533 g/mol. The third kappa shape index (κ3) is 6.04. The molecule has 0 aromatic heterocycles. The smallest absolute Gasteiger partial charge is 0.416 e. The summed E-state index contributed by atoms with van der Waals surface area (Å²) in [7, 11) is 4.74. The Morgan fingerprint density at radius 2 is 1.68 bits per heavy atom. The molecule has 3 aromatic carbocycles. The molecule has 1 atom stereocenters. The summed E-state index contributed by atoms with van der Waals surface area (Å²) in [6.07, 6.45) is -3.63. The summed E-state index contributed by atoms with van der Waals surface area (Å²) in [5, 5.41) is 0.0378. The minimum absolute atomic E-state index is 0.0378. The Morgan fingerprint density at radius 1 is 0.946 bits per heavy atom. The molecule has 0 saturated heterocycles. The van der Waals surface area contributed by atoms with Gasteiger partial charge in [-0.25, -0.2) is 0 Å². The Bertz CT molecular complexity index is 1210. The molecule has 1 aliphatic rings. The highest BCUT2D eigenvalue weighted by atomic mass is 32.2. The molecule has 3 aromatic rings. The number of halogens is 3. The van der Waals surface area contributed by atoms with Gasteiger partial charge in [-0.05, 0) is 66.9 Å². The number of hydrogen-bond donors (Lipinski definition) is 0. The molecule has 1 heterocycles. The fraction of sp³-hybridized carbons (Fsp3) is 0.357. The van der Waals surface area contributed by atoms with Gasteiger partial charge in [-0.1, -0.05) is 12.1 Å². The van der Waals surface area contributed by atoms with Crippen LogP contribution in [-0.2, 0) is 12.7 Å². The van der Waals surface area contributed by atoms with Crippen molar-refractivity contribution in [1.29, 1.82) is 0 Å². The normalized spacial score (nSPS) is 15.5. The van der Waals surface area contributed by atoms with Crippen LogP contribution < -0.4 is 23.8 Å². The largest absolute Gasteiger partial charge is 0.494 e. The van der Waals surface area contributed by atoms with Crippen molar-refractivity contribution in [2.45, 2.75) is 36.2 Å². The maximum Gasteiger partial charge on any atom is 0.416 e. The minimum atomic E-state index is -4.38. The molecular formula is C28H30F3NO4S. The lowest BCUT2D eigenvalue weighted by molar-refractivity contribution is -0.137. The molecule has 0 fully saturated rings. The molecule has 0 amide bonds. The lowest BCUT2D eigenvalue weighted by atomic mass is 10.1. The van der Waals surface area contributed by atoms with Gasteiger partial charge in [0.15, 0.2) is 11.5 Å². The SMILES string of the molecule is CCOc1ccc2c(c1)SC(c1cc(OC)c(OC)c(OC)c1)CCN2Cc1cccc(C(F)(F)F)c1. The summed E-state index contributed by atoms with van der Waals surface area (Å²) in [4.78, 5) is 3.13. The first kappa shape index (κ1) is 26.9. The standard InChI is InChI=1S/C28H30F3NO4S/c1-5-36-21-9-10-22-26(16-21)37-25(19-14-23(33-2)27(35-4)24(15-19)34-3)11-12-32(22)17-18-7-6-8-20(13-18)28(29,30)31/h6-10,13-16,25H,5,11-12,17H2,1-4H3. The van der Waals surface area contributed by atoms with Crippen molar-refractivity contribution in [2.24, 2.45) is 0 Å². The molecule has 198 valence electrons. The quantitative estimate of drug-likeness (QED) is 0.301. The van der Waals surface area contributed by atoms with Crippen LogP contribution in [0.15, 0.2) is 59.5 Å². The van der Waals surface area contributed by atoms with Crippen LogP contribution in [0.3, 0.4) is 0 Å². The fourth-order valence-corrected chi connectivity index (χ4v) is 5.77. The lowest BCUT2D eigenvalue weighted by Crippen LogP contribution is -2.24. The zero-order valence-corrected chi connectivity index (χ0v) is 22.0. The molecule has 5 nitrogen and oxygen atoms in total. The van der Waals surface area contributed by atoms with E-state index in [0.717, 1.165) is 34.4 Å². The van der Waals surface area contributed by atoms with Crippen molar-refractivity contribution in [3.63, 3.8) is 0 Å². The third-order valence-electron chi connectivity index (χ3n) is 6.20. The van der Waals surface area contributed by atoms with Crippen LogP contribution in [0.2, 0.25) is 0 Å². The lowest BCUT2D eigenvalue weighted by Gasteiger charge is -2.25. The van der Waals surface area contributed by atoms with Crippen molar-refractivity contribution in [2.75, 3.05) is 39.4 Å². The van der Waals surface area contributed by atoms with Crippen molar-refractivity contribution < 1.29 is 32.1 Å². The van der Waals surface area contributed by atoms with E-state index in [1.54, 1.807) is 39.2 Å². The molecule has 1 unspecified atom stereocenters. The Hall–Kier alpha value is -3.20. The predicted octanol–water partition coefficient (Wildman–Crippen LogP) is 7.37. The number of fused-ring (bicyclic) bond motifs is 1. The van der Waals surface area contributed by atoms with Gasteiger partial charge in [0.1, 0.15) is 5.75 Å². The highest BCUT2D eigenvalue weighted by Gasteiger charge is 2.31. The second-order valence-corrected chi connectivity index (χ2v) is 9.78.